The van der Waals surface area contributed by atoms with Crippen LogP contribution in [0, 0.1) is 5.92 Å². The third-order valence-corrected chi connectivity index (χ3v) is 9.67. The molecule has 0 aromatic heterocycles. The first-order valence-corrected chi connectivity index (χ1v) is 21.4. The maximum atomic E-state index is 13.9. The maximum absolute atomic E-state index is 13.9. The molecule has 27 heteroatoms. The molecule has 0 saturated carbocycles. The second-order valence-corrected chi connectivity index (χ2v) is 16.2. The molecule has 2 rings (SSSR count). The number of aromatic hydroxyl groups is 1. The van der Waals surface area contributed by atoms with E-state index < -0.39 is 148 Å². The average Bonchev–Trinajstić information content (AvgIpc) is 3.21. The number of amides is 7. The monoisotopic (exact) mass is 952 g/mol. The van der Waals surface area contributed by atoms with Crippen molar-refractivity contribution in [3.05, 3.63) is 59.7 Å². The highest BCUT2D eigenvalue weighted by Gasteiger charge is 2.35. The SMILES string of the molecule is CC(C)[C@H](NC(=O)[C@H](CC(N)=O)NC(=O)[C@H](Cc1ccc(O)cc1)NC(=O)CNC(=O)[C@@H](N)CCC(=O)O)C(=O)N[C@@H](Cc1ccc(OP(=O)(O)O)cc1)C(=O)N[C@@H](CCC(=O)O)C(=O)O. The van der Waals surface area contributed by atoms with E-state index in [1.54, 1.807) is 0 Å². The first kappa shape index (κ1) is 55.0. The molecule has 7 amide bonds. The lowest BCUT2D eigenvalue weighted by molar-refractivity contribution is -0.143. The Balaban J connectivity index is 2.39. The van der Waals surface area contributed by atoms with Crippen molar-refractivity contribution in [3.8, 4) is 11.5 Å². The molecule has 0 fully saturated rings. The number of phenolic OH excluding ortho intramolecular Hbond substituents is 1. The number of nitrogens with one attached hydrogen (secondary N) is 6. The van der Waals surface area contributed by atoms with E-state index in [9.17, 15) is 62.7 Å². The molecule has 66 heavy (non-hydrogen) atoms. The Morgan fingerprint density at radius 1 is 0.636 bits per heavy atom. The van der Waals surface area contributed by atoms with Crippen molar-refractivity contribution in [1.82, 2.24) is 31.9 Å². The normalized spacial score (nSPS) is 13.8. The highest BCUT2D eigenvalue weighted by Crippen LogP contribution is 2.37. The number of hydrogen-bond donors (Lipinski definition) is 14. The number of rotatable bonds is 28. The summed E-state index contributed by atoms with van der Waals surface area (Å²) in [5.41, 5.74) is 11.7. The van der Waals surface area contributed by atoms with E-state index in [4.69, 9.17) is 31.5 Å². The largest absolute Gasteiger partial charge is 0.524 e. The summed E-state index contributed by atoms with van der Waals surface area (Å²) in [5, 5.41) is 51.2. The number of carbonyl (C=O) groups excluding carboxylic acids is 7. The van der Waals surface area contributed by atoms with Gasteiger partial charge in [0.1, 0.15) is 41.7 Å². The van der Waals surface area contributed by atoms with E-state index in [-0.39, 0.29) is 29.9 Å². The van der Waals surface area contributed by atoms with Gasteiger partial charge >= 0.3 is 25.7 Å². The molecule has 0 spiro atoms. The molecular weight excluding hydrogens is 899 g/mol. The van der Waals surface area contributed by atoms with Gasteiger partial charge in [0.15, 0.2) is 0 Å². The summed E-state index contributed by atoms with van der Waals surface area (Å²) in [7, 11) is -4.95. The smallest absolute Gasteiger partial charge is 0.508 e. The average molecular weight is 953 g/mol. The molecule has 26 nitrogen and oxygen atoms in total. The Morgan fingerprint density at radius 3 is 1.59 bits per heavy atom. The molecule has 0 heterocycles. The summed E-state index contributed by atoms with van der Waals surface area (Å²) in [6, 6.07) is 0.609. The first-order valence-electron chi connectivity index (χ1n) is 19.8. The van der Waals surface area contributed by atoms with Gasteiger partial charge in [-0.3, -0.25) is 52.9 Å². The Kier molecular flexibility index (Phi) is 21.6. The van der Waals surface area contributed by atoms with Crippen molar-refractivity contribution in [2.45, 2.75) is 95.0 Å². The Hall–Kier alpha value is -7.15. The fourth-order valence-electron chi connectivity index (χ4n) is 5.83. The van der Waals surface area contributed by atoms with Crippen LogP contribution in [0.5, 0.6) is 11.5 Å². The number of phosphoric ester groups is 1. The van der Waals surface area contributed by atoms with Gasteiger partial charge in [-0.1, -0.05) is 38.1 Å². The van der Waals surface area contributed by atoms with Gasteiger partial charge in [0, 0.05) is 25.7 Å². The number of phosphoric acid groups is 1. The van der Waals surface area contributed by atoms with Crippen LogP contribution < -0.4 is 47.9 Å². The topological polar surface area (TPSA) is 443 Å². The lowest BCUT2D eigenvalue weighted by Crippen LogP contribution is -2.61. The van der Waals surface area contributed by atoms with Gasteiger partial charge in [-0.2, -0.15) is 0 Å². The summed E-state index contributed by atoms with van der Waals surface area (Å²) in [6.45, 7) is 2.20. The molecule has 362 valence electrons. The van der Waals surface area contributed by atoms with Crippen LogP contribution in [0.2, 0.25) is 0 Å². The van der Waals surface area contributed by atoms with Crippen molar-refractivity contribution in [2.24, 2.45) is 17.4 Å². The van der Waals surface area contributed by atoms with Crippen molar-refractivity contribution in [3.63, 3.8) is 0 Å². The number of nitrogens with two attached hydrogens (primary N) is 2. The van der Waals surface area contributed by atoms with Crippen LogP contribution in [-0.4, -0.2) is 132 Å². The zero-order valence-corrected chi connectivity index (χ0v) is 36.4. The minimum Gasteiger partial charge on any atom is -0.508 e. The van der Waals surface area contributed by atoms with E-state index in [1.165, 1.54) is 50.2 Å². The van der Waals surface area contributed by atoms with Gasteiger partial charge in [-0.25, -0.2) is 9.36 Å². The van der Waals surface area contributed by atoms with E-state index in [2.05, 4.69) is 36.4 Å². The minimum atomic E-state index is -4.95. The molecule has 0 bridgehead atoms. The molecule has 0 aliphatic carbocycles. The maximum Gasteiger partial charge on any atom is 0.524 e. The van der Waals surface area contributed by atoms with Crippen LogP contribution in [0.4, 0.5) is 0 Å². The van der Waals surface area contributed by atoms with E-state index in [0.717, 1.165) is 12.1 Å². The molecule has 0 radical (unpaired) electrons. The molecule has 6 atom stereocenters. The molecule has 2 aromatic rings. The Labute approximate surface area is 375 Å². The highest BCUT2D eigenvalue weighted by atomic mass is 31.2. The first-order chi connectivity index (χ1) is 30.7. The van der Waals surface area contributed by atoms with E-state index in [0.29, 0.717) is 5.56 Å². The van der Waals surface area contributed by atoms with Crippen molar-refractivity contribution in [1.29, 1.82) is 0 Å². The number of primary amides is 1. The number of carbonyl (C=O) groups is 10. The minimum absolute atomic E-state index is 0.135. The van der Waals surface area contributed by atoms with Gasteiger partial charge in [0.2, 0.25) is 41.4 Å². The predicted molar refractivity (Wildman–Crippen MR) is 225 cm³/mol. The quantitative estimate of drug-likeness (QED) is 0.0375. The predicted octanol–water partition coefficient (Wildman–Crippen LogP) is -3.14. The molecule has 2 aromatic carbocycles. The van der Waals surface area contributed by atoms with Gasteiger partial charge in [-0.05, 0) is 54.2 Å². The van der Waals surface area contributed by atoms with Crippen molar-refractivity contribution >= 4 is 67.1 Å². The third kappa shape index (κ3) is 20.6. The molecule has 0 saturated heterocycles. The Morgan fingerprint density at radius 2 is 1.11 bits per heavy atom. The van der Waals surface area contributed by atoms with Crippen LogP contribution in [0.1, 0.15) is 57.1 Å². The fourth-order valence-corrected chi connectivity index (χ4v) is 6.23. The van der Waals surface area contributed by atoms with Crippen molar-refractivity contribution < 1.29 is 87.2 Å². The summed E-state index contributed by atoms with van der Waals surface area (Å²) in [5.74, 6) is -12.7. The molecular formula is C39H53N8O18P. The standard InChI is InChI=1S/C39H53N8O18P/c1-19(2)33(38(59)46-27(36(57)44-25(39(60)61)12-14-32(53)54)16-21-5-9-23(10-6-21)65-66(62,63)64)47-37(58)28(17-29(41)49)45-35(56)26(15-20-3-7-22(48)8-4-20)43-30(50)18-42-34(55)24(40)11-13-31(51)52/h3-10,19,24-28,33,48H,11-18,40H2,1-2H3,(H2,41,49)(H,42,55)(H,43,50)(H,44,57)(H,45,56)(H,46,59)(H,47,58)(H,51,52)(H,53,54)(H,60,61)(H2,62,63,64)/t24-,25-,26-,27-,28-,33-/m0/s1. The highest BCUT2D eigenvalue weighted by molar-refractivity contribution is 7.46. The summed E-state index contributed by atoms with van der Waals surface area (Å²) < 4.78 is 15.8. The van der Waals surface area contributed by atoms with Gasteiger partial charge in [-0.15, -0.1) is 0 Å². The number of hydrogen-bond acceptors (Lipinski definition) is 14. The van der Waals surface area contributed by atoms with Gasteiger partial charge in [0.05, 0.1) is 19.0 Å². The van der Waals surface area contributed by atoms with Crippen LogP contribution >= 0.6 is 7.82 Å². The lowest BCUT2D eigenvalue weighted by atomic mass is 9.99. The van der Waals surface area contributed by atoms with E-state index in [1.807, 2.05) is 0 Å². The number of carboxylic acid groups (broad SMARTS) is 3. The lowest BCUT2D eigenvalue weighted by Gasteiger charge is -2.28. The van der Waals surface area contributed by atoms with Gasteiger partial charge < -0.3 is 68.3 Å². The van der Waals surface area contributed by atoms with Crippen molar-refractivity contribution in [2.75, 3.05) is 6.54 Å². The Bertz CT molecular complexity index is 2130. The zero-order valence-electron chi connectivity index (χ0n) is 35.5. The second-order valence-electron chi connectivity index (χ2n) is 15.0. The number of phenols is 1. The molecule has 0 aliphatic rings. The number of carboxylic acids is 3. The summed E-state index contributed by atoms with van der Waals surface area (Å²) in [6.07, 6.45) is -3.43. The zero-order chi connectivity index (χ0) is 49.9. The number of benzene rings is 2. The van der Waals surface area contributed by atoms with E-state index >= 15 is 0 Å². The van der Waals surface area contributed by atoms with Crippen LogP contribution in [-0.2, 0) is 65.4 Å². The third-order valence-electron chi connectivity index (χ3n) is 9.22. The van der Waals surface area contributed by atoms with Crippen LogP contribution in [0.3, 0.4) is 0 Å². The second kappa shape index (κ2) is 26.0. The molecule has 16 N–H and O–H groups in total. The summed E-state index contributed by atoms with van der Waals surface area (Å²) in [4.78, 5) is 145. The molecule has 0 unspecified atom stereocenters. The van der Waals surface area contributed by atoms with Crippen LogP contribution in [0.15, 0.2) is 48.5 Å². The molecule has 0 aliphatic heterocycles. The summed E-state index contributed by atoms with van der Waals surface area (Å²) >= 11 is 0. The van der Waals surface area contributed by atoms with Gasteiger partial charge in [0.25, 0.3) is 0 Å². The fraction of sp³-hybridized carbons (Fsp3) is 0.436. The number of aliphatic carboxylic acids is 3. The van der Waals surface area contributed by atoms with Crippen LogP contribution in [0.25, 0.3) is 0 Å².